The zero-order valence-electron chi connectivity index (χ0n) is 14.4. The van der Waals surface area contributed by atoms with E-state index in [4.69, 9.17) is 9.47 Å². The van der Waals surface area contributed by atoms with E-state index in [9.17, 15) is 5.11 Å². The summed E-state index contributed by atoms with van der Waals surface area (Å²) in [7, 11) is 0. The van der Waals surface area contributed by atoms with Crippen molar-refractivity contribution in [2.45, 2.75) is 25.0 Å². The van der Waals surface area contributed by atoms with E-state index in [1.807, 2.05) is 42.5 Å². The van der Waals surface area contributed by atoms with Crippen molar-refractivity contribution in [3.8, 4) is 11.5 Å². The molecule has 0 unspecified atom stereocenters. The molecule has 134 valence electrons. The highest BCUT2D eigenvalue weighted by molar-refractivity contribution is 5.74. The van der Waals surface area contributed by atoms with Crippen LogP contribution < -0.4 is 9.47 Å². The van der Waals surface area contributed by atoms with E-state index in [0.29, 0.717) is 6.54 Å². The average Bonchev–Trinajstić information content (AvgIpc) is 3.27. The topological polar surface area (TPSA) is 70.6 Å². The number of aliphatic hydroxyl groups is 1. The summed E-state index contributed by atoms with van der Waals surface area (Å²) in [5.41, 5.74) is 3.15. The molecular formula is C20H21N3O3. The molecular weight excluding hydrogens is 330 g/mol. The minimum absolute atomic E-state index is 0.122. The third-order valence-corrected chi connectivity index (χ3v) is 5.30. The highest BCUT2D eigenvalue weighted by Gasteiger charge is 2.30. The number of nitrogens with one attached hydrogen (secondary N) is 1. The highest BCUT2D eigenvalue weighted by Crippen LogP contribution is 2.37. The molecule has 1 saturated heterocycles. The molecule has 3 aromatic rings. The second-order valence-electron chi connectivity index (χ2n) is 7.01. The van der Waals surface area contributed by atoms with Gasteiger partial charge in [-0.1, -0.05) is 18.2 Å². The summed E-state index contributed by atoms with van der Waals surface area (Å²) in [6.45, 7) is 2.56. The van der Waals surface area contributed by atoms with Crippen LogP contribution >= 0.6 is 0 Å². The van der Waals surface area contributed by atoms with E-state index in [0.717, 1.165) is 53.4 Å². The molecule has 26 heavy (non-hydrogen) atoms. The molecule has 0 amide bonds. The summed E-state index contributed by atoms with van der Waals surface area (Å²) in [5, 5.41) is 10.7. The van der Waals surface area contributed by atoms with Crippen LogP contribution in [0.4, 0.5) is 0 Å². The fourth-order valence-corrected chi connectivity index (χ4v) is 3.97. The Morgan fingerprint density at radius 2 is 2.04 bits per heavy atom. The molecule has 0 saturated carbocycles. The number of hydrogen-bond donors (Lipinski definition) is 2. The SMILES string of the molecule is O[C@@H]1CN(Cc2nc3ccccc3[nH]2)CC[C@H]1c1ccc2c(c1)OCO2. The van der Waals surface area contributed by atoms with E-state index in [-0.39, 0.29) is 12.7 Å². The van der Waals surface area contributed by atoms with Crippen LogP contribution in [0.25, 0.3) is 11.0 Å². The largest absolute Gasteiger partial charge is 0.454 e. The normalized spacial score (nSPS) is 22.8. The van der Waals surface area contributed by atoms with E-state index in [1.165, 1.54) is 0 Å². The predicted molar refractivity (Wildman–Crippen MR) is 97.3 cm³/mol. The van der Waals surface area contributed by atoms with Crippen LogP contribution in [0.3, 0.4) is 0 Å². The molecule has 2 aliphatic heterocycles. The molecule has 2 aromatic carbocycles. The summed E-state index contributed by atoms with van der Waals surface area (Å²) in [6, 6.07) is 14.0. The Hall–Kier alpha value is -2.57. The number of fused-ring (bicyclic) bond motifs is 2. The van der Waals surface area contributed by atoms with Gasteiger partial charge in [0.15, 0.2) is 11.5 Å². The number of β-amino-alcohol motifs (C(OH)–C–C–N with tert-alkyl or cyclic N) is 1. The van der Waals surface area contributed by atoms with Gasteiger partial charge < -0.3 is 19.6 Å². The summed E-state index contributed by atoms with van der Waals surface area (Å²) >= 11 is 0. The van der Waals surface area contributed by atoms with Crippen molar-refractivity contribution in [2.75, 3.05) is 19.9 Å². The average molecular weight is 351 g/mol. The van der Waals surface area contributed by atoms with Gasteiger partial charge in [0.2, 0.25) is 6.79 Å². The molecule has 2 atom stereocenters. The molecule has 1 aromatic heterocycles. The second kappa shape index (κ2) is 6.30. The van der Waals surface area contributed by atoms with Gasteiger partial charge in [0.05, 0.1) is 23.7 Å². The first-order chi connectivity index (χ1) is 12.8. The summed E-state index contributed by atoms with van der Waals surface area (Å²) < 4.78 is 10.8. The van der Waals surface area contributed by atoms with E-state index in [2.05, 4.69) is 14.9 Å². The number of para-hydroxylation sites is 2. The fourth-order valence-electron chi connectivity index (χ4n) is 3.97. The number of piperidine rings is 1. The first-order valence-corrected chi connectivity index (χ1v) is 9.00. The number of ether oxygens (including phenoxy) is 2. The number of H-pyrrole nitrogens is 1. The second-order valence-corrected chi connectivity index (χ2v) is 7.01. The van der Waals surface area contributed by atoms with Crippen molar-refractivity contribution in [2.24, 2.45) is 0 Å². The minimum atomic E-state index is -0.409. The molecule has 3 heterocycles. The third-order valence-electron chi connectivity index (χ3n) is 5.30. The molecule has 1 fully saturated rings. The van der Waals surface area contributed by atoms with Gasteiger partial charge in [0, 0.05) is 12.5 Å². The van der Waals surface area contributed by atoms with Crippen molar-refractivity contribution in [3.05, 3.63) is 53.9 Å². The molecule has 2 aliphatic rings. The predicted octanol–water partition coefficient (Wildman–Crippen LogP) is 2.64. The van der Waals surface area contributed by atoms with Crippen molar-refractivity contribution >= 4 is 11.0 Å². The smallest absolute Gasteiger partial charge is 0.231 e. The third kappa shape index (κ3) is 2.81. The lowest BCUT2D eigenvalue weighted by Gasteiger charge is -2.35. The lowest BCUT2D eigenvalue weighted by atomic mass is 9.87. The molecule has 5 rings (SSSR count). The number of rotatable bonds is 3. The molecule has 6 heteroatoms. The Balaban J connectivity index is 1.28. The minimum Gasteiger partial charge on any atom is -0.454 e. The fraction of sp³-hybridized carbons (Fsp3) is 0.350. The number of aromatic nitrogens is 2. The molecule has 0 spiro atoms. The van der Waals surface area contributed by atoms with Crippen LogP contribution in [-0.2, 0) is 6.54 Å². The number of hydrogen-bond acceptors (Lipinski definition) is 5. The van der Waals surface area contributed by atoms with Crippen LogP contribution in [-0.4, -0.2) is 46.0 Å². The Morgan fingerprint density at radius 1 is 1.15 bits per heavy atom. The van der Waals surface area contributed by atoms with Crippen LogP contribution in [0.5, 0.6) is 11.5 Å². The van der Waals surface area contributed by atoms with Crippen molar-refractivity contribution < 1.29 is 14.6 Å². The van der Waals surface area contributed by atoms with Gasteiger partial charge in [-0.05, 0) is 42.8 Å². The Morgan fingerprint density at radius 3 is 2.92 bits per heavy atom. The van der Waals surface area contributed by atoms with Crippen LogP contribution in [0.2, 0.25) is 0 Å². The maximum Gasteiger partial charge on any atom is 0.231 e. The van der Waals surface area contributed by atoms with E-state index >= 15 is 0 Å². The lowest BCUT2D eigenvalue weighted by molar-refractivity contribution is 0.0466. The van der Waals surface area contributed by atoms with Gasteiger partial charge in [-0.3, -0.25) is 4.90 Å². The van der Waals surface area contributed by atoms with Gasteiger partial charge in [-0.15, -0.1) is 0 Å². The lowest BCUT2D eigenvalue weighted by Crippen LogP contribution is -2.42. The monoisotopic (exact) mass is 351 g/mol. The van der Waals surface area contributed by atoms with Gasteiger partial charge in [0.25, 0.3) is 0 Å². The first kappa shape index (κ1) is 15.7. The number of likely N-dealkylation sites (tertiary alicyclic amines) is 1. The number of aliphatic hydroxyl groups excluding tert-OH is 1. The Labute approximate surface area is 151 Å². The summed E-state index contributed by atoms with van der Waals surface area (Å²) in [4.78, 5) is 10.3. The van der Waals surface area contributed by atoms with Crippen molar-refractivity contribution in [1.82, 2.24) is 14.9 Å². The van der Waals surface area contributed by atoms with E-state index in [1.54, 1.807) is 0 Å². The maximum absolute atomic E-state index is 10.7. The van der Waals surface area contributed by atoms with Gasteiger partial charge in [-0.2, -0.15) is 0 Å². The van der Waals surface area contributed by atoms with Crippen molar-refractivity contribution in [1.29, 1.82) is 0 Å². The molecule has 0 aliphatic carbocycles. The standard InChI is InChI=1S/C20H21N3O3/c24-17-10-23(11-20-21-15-3-1-2-4-16(15)22-20)8-7-14(17)13-5-6-18-19(9-13)26-12-25-18/h1-6,9,14,17,24H,7-8,10-12H2,(H,21,22)/t14-,17+/m0/s1. The van der Waals surface area contributed by atoms with Gasteiger partial charge in [0.1, 0.15) is 5.82 Å². The number of imidazole rings is 1. The number of benzene rings is 2. The zero-order chi connectivity index (χ0) is 17.5. The summed E-state index contributed by atoms with van der Waals surface area (Å²) in [5.74, 6) is 2.63. The van der Waals surface area contributed by atoms with Crippen LogP contribution in [0, 0.1) is 0 Å². The molecule has 0 radical (unpaired) electrons. The van der Waals surface area contributed by atoms with Crippen molar-refractivity contribution in [3.63, 3.8) is 0 Å². The number of nitrogens with zero attached hydrogens (tertiary/aromatic N) is 2. The maximum atomic E-state index is 10.7. The molecule has 6 nitrogen and oxygen atoms in total. The van der Waals surface area contributed by atoms with E-state index < -0.39 is 6.10 Å². The quantitative estimate of drug-likeness (QED) is 0.759. The zero-order valence-corrected chi connectivity index (χ0v) is 14.4. The van der Waals surface area contributed by atoms with Crippen LogP contribution in [0.15, 0.2) is 42.5 Å². The number of aromatic amines is 1. The first-order valence-electron chi connectivity index (χ1n) is 9.00. The Bertz CT molecular complexity index is 906. The molecule has 2 N–H and O–H groups in total. The van der Waals surface area contributed by atoms with Gasteiger partial charge in [-0.25, -0.2) is 4.98 Å². The van der Waals surface area contributed by atoms with Crippen LogP contribution in [0.1, 0.15) is 23.7 Å². The van der Waals surface area contributed by atoms with Gasteiger partial charge >= 0.3 is 0 Å². The summed E-state index contributed by atoms with van der Waals surface area (Å²) in [6.07, 6.45) is 0.495. The Kier molecular flexibility index (Phi) is 3.80. The highest BCUT2D eigenvalue weighted by atomic mass is 16.7. The molecule has 0 bridgehead atoms.